The van der Waals surface area contributed by atoms with Crippen LogP contribution in [0.15, 0.2) is 0 Å². The molecule has 1 atom stereocenters. The Morgan fingerprint density at radius 1 is 0.882 bits per heavy atom. The number of rotatable bonds is 6. The number of hydrogen-bond acceptors (Lipinski definition) is 3. The maximum Gasteiger partial charge on any atom is 0.390 e. The molecule has 0 aromatic carbocycles. The predicted octanol–water partition coefficient (Wildman–Crippen LogP) is 3.45. The van der Waals surface area contributed by atoms with Crippen LogP contribution in [0.4, 0.5) is 13.2 Å². The number of nitrogens with zero attached hydrogens (tertiary/aromatic N) is 3. The van der Waals surface area contributed by atoms with E-state index in [1.807, 2.05) is 6.07 Å². The van der Waals surface area contributed by atoms with Crippen molar-refractivity contribution in [2.24, 2.45) is 5.41 Å². The lowest BCUT2D eigenvalue weighted by molar-refractivity contribution is -0.153. The van der Waals surface area contributed by atoms with Gasteiger partial charge in [0.15, 0.2) is 0 Å². The summed E-state index contributed by atoms with van der Waals surface area (Å²) >= 11 is 0. The Bertz CT molecular complexity index is 356. The van der Waals surface area contributed by atoms with Crippen LogP contribution < -0.4 is 0 Å². The minimum atomic E-state index is -4.43. The van der Waals surface area contributed by atoms with E-state index >= 15 is 0 Å². The Morgan fingerprint density at radius 2 is 1.47 bits per heavy atom. The van der Waals surface area contributed by atoms with Gasteiger partial charge in [0.25, 0.3) is 0 Å². The van der Waals surface area contributed by atoms with Crippen molar-refractivity contribution in [3.8, 4) is 18.2 Å². The molecule has 0 saturated carbocycles. The second-order valence-electron chi connectivity index (χ2n) is 3.85. The lowest BCUT2D eigenvalue weighted by Gasteiger charge is -2.26. The fourth-order valence-corrected chi connectivity index (χ4v) is 1.64. The fourth-order valence-electron chi connectivity index (χ4n) is 1.64. The van der Waals surface area contributed by atoms with Crippen molar-refractivity contribution >= 4 is 0 Å². The van der Waals surface area contributed by atoms with Crippen LogP contribution in [0.3, 0.4) is 0 Å². The van der Waals surface area contributed by atoms with Gasteiger partial charge in [0.1, 0.15) is 0 Å². The smallest absolute Gasteiger partial charge is 0.198 e. The van der Waals surface area contributed by atoms with Crippen LogP contribution in [0.1, 0.15) is 38.5 Å². The topological polar surface area (TPSA) is 71.4 Å². The van der Waals surface area contributed by atoms with Gasteiger partial charge in [-0.1, -0.05) is 0 Å². The van der Waals surface area contributed by atoms with Crippen LogP contribution in [0.2, 0.25) is 0 Å². The molecule has 0 spiro atoms. The average molecular weight is 243 g/mol. The molecule has 17 heavy (non-hydrogen) atoms. The predicted molar refractivity (Wildman–Crippen MR) is 53.0 cm³/mol. The number of hydrogen-bond donors (Lipinski definition) is 0. The Balaban J connectivity index is 4.72. The summed E-state index contributed by atoms with van der Waals surface area (Å²) in [5.74, 6) is 0. The average Bonchev–Trinajstić information content (AvgIpc) is 2.24. The monoisotopic (exact) mass is 243 g/mol. The first kappa shape index (κ1) is 15.3. The molecule has 0 fully saturated rings. The second kappa shape index (κ2) is 6.76. The highest BCUT2D eigenvalue weighted by Gasteiger charge is 2.42. The van der Waals surface area contributed by atoms with Crippen LogP contribution >= 0.6 is 0 Å². The molecular weight excluding hydrogens is 231 g/mol. The quantitative estimate of drug-likeness (QED) is 0.671. The van der Waals surface area contributed by atoms with Crippen molar-refractivity contribution in [2.45, 2.75) is 44.7 Å². The van der Waals surface area contributed by atoms with Crippen LogP contribution in [0.25, 0.3) is 0 Å². The van der Waals surface area contributed by atoms with E-state index in [2.05, 4.69) is 0 Å². The first-order valence-electron chi connectivity index (χ1n) is 5.11. The number of halogens is 3. The van der Waals surface area contributed by atoms with Crippen molar-refractivity contribution in [1.82, 2.24) is 0 Å². The van der Waals surface area contributed by atoms with Gasteiger partial charge in [0.2, 0.25) is 0 Å². The molecule has 0 aliphatic rings. The Hall–Kier alpha value is -1.74. The van der Waals surface area contributed by atoms with E-state index in [1.165, 1.54) is 0 Å². The van der Waals surface area contributed by atoms with E-state index in [0.29, 0.717) is 0 Å². The van der Waals surface area contributed by atoms with Gasteiger partial charge in [-0.25, -0.2) is 0 Å². The van der Waals surface area contributed by atoms with Gasteiger partial charge in [0, 0.05) is 12.8 Å². The first-order valence-corrected chi connectivity index (χ1v) is 5.11. The fraction of sp³-hybridized carbons (Fsp3) is 0.727. The molecule has 0 radical (unpaired) electrons. The molecule has 1 unspecified atom stereocenters. The molecular formula is C11H12F3N3. The van der Waals surface area contributed by atoms with Crippen LogP contribution in [0, 0.1) is 39.4 Å². The largest absolute Gasteiger partial charge is 0.390 e. The van der Waals surface area contributed by atoms with Gasteiger partial charge in [0.05, 0.1) is 30.0 Å². The molecule has 0 saturated heterocycles. The highest BCUT2D eigenvalue weighted by atomic mass is 19.4. The zero-order valence-electron chi connectivity index (χ0n) is 9.22. The molecule has 6 heteroatoms. The number of nitriles is 3. The summed E-state index contributed by atoms with van der Waals surface area (Å²) in [4.78, 5) is 0. The van der Waals surface area contributed by atoms with Crippen LogP contribution in [-0.2, 0) is 0 Å². The molecule has 0 amide bonds. The molecule has 0 bridgehead atoms. The highest BCUT2D eigenvalue weighted by Crippen LogP contribution is 2.40. The molecule has 3 nitrogen and oxygen atoms in total. The first-order chi connectivity index (χ1) is 7.89. The minimum Gasteiger partial charge on any atom is -0.198 e. The summed E-state index contributed by atoms with van der Waals surface area (Å²) < 4.78 is 37.1. The Morgan fingerprint density at radius 3 is 1.88 bits per heavy atom. The van der Waals surface area contributed by atoms with Crippen LogP contribution in [-0.4, -0.2) is 6.18 Å². The Kier molecular flexibility index (Phi) is 6.07. The maximum atomic E-state index is 12.4. The molecule has 0 aliphatic carbocycles. The van der Waals surface area contributed by atoms with E-state index in [0.717, 1.165) is 0 Å². The third kappa shape index (κ3) is 6.43. The van der Waals surface area contributed by atoms with Gasteiger partial charge in [-0.05, 0) is 19.3 Å². The summed E-state index contributed by atoms with van der Waals surface area (Å²) in [6, 6.07) is 5.26. The summed E-state index contributed by atoms with van der Waals surface area (Å²) in [6.07, 6.45) is -5.49. The molecule has 92 valence electrons. The van der Waals surface area contributed by atoms with Crippen molar-refractivity contribution in [1.29, 1.82) is 15.8 Å². The van der Waals surface area contributed by atoms with E-state index < -0.39 is 18.0 Å². The standard InChI is InChI=1S/C11H12F3N3/c12-11(13,14)8-10(9-17,5-3-7-16)4-1-2-6-15/h1-5,8H2. The summed E-state index contributed by atoms with van der Waals surface area (Å²) in [7, 11) is 0. The molecule has 0 aliphatic heterocycles. The molecule has 0 rings (SSSR count). The third-order valence-corrected chi connectivity index (χ3v) is 2.44. The van der Waals surface area contributed by atoms with Gasteiger partial charge >= 0.3 is 6.18 Å². The van der Waals surface area contributed by atoms with Crippen LogP contribution in [0.5, 0.6) is 0 Å². The SMILES string of the molecule is N#CCCCC(C#N)(CCC#N)CC(F)(F)F. The number of unbranched alkanes of at least 4 members (excludes halogenated alkanes) is 1. The van der Waals surface area contributed by atoms with Crippen molar-refractivity contribution in [3.63, 3.8) is 0 Å². The van der Waals surface area contributed by atoms with E-state index in [1.54, 1.807) is 12.1 Å². The summed E-state index contributed by atoms with van der Waals surface area (Å²) in [6.45, 7) is 0. The van der Waals surface area contributed by atoms with E-state index in [4.69, 9.17) is 15.8 Å². The number of alkyl halides is 3. The van der Waals surface area contributed by atoms with Crippen molar-refractivity contribution < 1.29 is 13.2 Å². The Labute approximate surface area is 98.1 Å². The van der Waals surface area contributed by atoms with Gasteiger partial charge in [-0.2, -0.15) is 29.0 Å². The van der Waals surface area contributed by atoms with E-state index in [-0.39, 0.29) is 32.1 Å². The summed E-state index contributed by atoms with van der Waals surface area (Å²) in [5, 5.41) is 25.7. The van der Waals surface area contributed by atoms with Gasteiger partial charge in [-0.3, -0.25) is 0 Å². The van der Waals surface area contributed by atoms with Crippen molar-refractivity contribution in [2.75, 3.05) is 0 Å². The van der Waals surface area contributed by atoms with Crippen molar-refractivity contribution in [3.05, 3.63) is 0 Å². The normalized spacial score (nSPS) is 14.1. The molecule has 0 heterocycles. The third-order valence-electron chi connectivity index (χ3n) is 2.44. The molecule has 0 N–H and O–H groups in total. The molecule has 0 aromatic rings. The summed E-state index contributed by atoms with van der Waals surface area (Å²) in [5.41, 5.74) is -1.56. The van der Waals surface area contributed by atoms with Gasteiger partial charge < -0.3 is 0 Å². The van der Waals surface area contributed by atoms with Gasteiger partial charge in [-0.15, -0.1) is 0 Å². The second-order valence-corrected chi connectivity index (χ2v) is 3.85. The zero-order chi connectivity index (χ0) is 13.4. The van der Waals surface area contributed by atoms with E-state index in [9.17, 15) is 13.2 Å². The lowest BCUT2D eigenvalue weighted by Crippen LogP contribution is -2.27. The lowest BCUT2D eigenvalue weighted by atomic mass is 9.77. The maximum absolute atomic E-state index is 12.4. The highest BCUT2D eigenvalue weighted by molar-refractivity contribution is 5.01. The minimum absolute atomic E-state index is 0.00174. The zero-order valence-corrected chi connectivity index (χ0v) is 9.22. The molecule has 0 aromatic heterocycles.